The lowest BCUT2D eigenvalue weighted by Crippen LogP contribution is -1.79. The number of hydrogen-bond acceptors (Lipinski definition) is 1. The summed E-state index contributed by atoms with van der Waals surface area (Å²) < 4.78 is 33.4. The molecule has 0 aliphatic heterocycles. The molecule has 0 atom stereocenters. The smallest absolute Gasteiger partial charge is 0.227 e. The van der Waals surface area contributed by atoms with Crippen LogP contribution in [0.4, 0.5) is 4.39 Å². The van der Waals surface area contributed by atoms with Gasteiger partial charge in [0.25, 0.3) is 0 Å². The second kappa shape index (κ2) is 2.22. The fourth-order valence-electron chi connectivity index (χ4n) is 0.261. The van der Waals surface area contributed by atoms with Crippen LogP contribution in [-0.4, -0.2) is 4.98 Å². The Kier molecular flexibility index (Phi) is 0.809. The minimum absolute atomic E-state index is 0.168. The van der Waals surface area contributed by atoms with Gasteiger partial charge in [0, 0.05) is 6.17 Å². The molecule has 0 radical (unpaired) electrons. The van der Waals surface area contributed by atoms with Crippen LogP contribution in [0.5, 0.6) is 0 Å². The molecule has 42 valence electrons. The average molecular weight is 179 g/mol. The second-order valence-electron chi connectivity index (χ2n) is 1.08. The molecule has 1 rings (SSSR count). The highest BCUT2D eigenvalue weighted by atomic mass is 79.9. The van der Waals surface area contributed by atoms with Crippen LogP contribution in [0.3, 0.4) is 0 Å². The fourth-order valence-corrected chi connectivity index (χ4v) is 0.448. The van der Waals surface area contributed by atoms with Crippen molar-refractivity contribution in [1.29, 1.82) is 0 Å². The first kappa shape index (κ1) is 2.92. The normalized spacial score (nSPS) is 14.5. The van der Waals surface area contributed by atoms with Gasteiger partial charge in [0.1, 0.15) is 0 Å². The van der Waals surface area contributed by atoms with Gasteiger partial charge in [-0.25, -0.2) is 4.98 Å². The summed E-state index contributed by atoms with van der Waals surface area (Å²) in [6, 6.07) is -0.722. The molecule has 0 aromatic carbocycles. The second-order valence-corrected chi connectivity index (χ2v) is 1.87. The first-order valence-corrected chi connectivity index (χ1v) is 2.62. The van der Waals surface area contributed by atoms with Crippen molar-refractivity contribution in [3.8, 4) is 0 Å². The van der Waals surface area contributed by atoms with Gasteiger partial charge in [-0.3, -0.25) is 0 Å². The van der Waals surface area contributed by atoms with E-state index in [0.717, 1.165) is 0 Å². The summed E-state index contributed by atoms with van der Waals surface area (Å²) in [4.78, 5) is 3.08. The topological polar surface area (TPSA) is 12.9 Å². The molecule has 0 aliphatic carbocycles. The number of nitrogens with zero attached hydrogens (tertiary/aromatic N) is 1. The van der Waals surface area contributed by atoms with Gasteiger partial charge in [0.05, 0.1) is 8.58 Å². The molecule has 0 N–H and O–H groups in total. The summed E-state index contributed by atoms with van der Waals surface area (Å²) in [6.45, 7) is 0. The Morgan fingerprint density at radius 3 is 3.38 bits per heavy atom. The van der Waals surface area contributed by atoms with Crippen LogP contribution in [-0.2, 0) is 0 Å². The highest BCUT2D eigenvalue weighted by Gasteiger charge is 1.92. The molecule has 0 bridgehead atoms. The van der Waals surface area contributed by atoms with Gasteiger partial charge in [-0.05, 0) is 28.0 Å². The van der Waals surface area contributed by atoms with E-state index in [1.165, 1.54) is 0 Å². The molecule has 0 amide bonds. The molecule has 0 fully saturated rings. The predicted molar refractivity (Wildman–Crippen MR) is 31.9 cm³/mol. The SMILES string of the molecule is [2H]c1nc(F)c(Br)c([2H])c1[2H]. The lowest BCUT2D eigenvalue weighted by atomic mass is 10.5. The molecule has 1 nitrogen and oxygen atoms in total. The summed E-state index contributed by atoms with van der Waals surface area (Å²) in [6.07, 6.45) is -0.518. The largest absolute Gasteiger partial charge is 0.227 e. The Hall–Kier alpha value is -0.440. The van der Waals surface area contributed by atoms with Crippen molar-refractivity contribution in [1.82, 2.24) is 4.98 Å². The number of rotatable bonds is 0. The molecular formula is C5H3BrFN. The maximum atomic E-state index is 12.5. The van der Waals surface area contributed by atoms with Crippen LogP contribution in [0.15, 0.2) is 22.7 Å². The van der Waals surface area contributed by atoms with E-state index in [-0.39, 0.29) is 16.6 Å². The first-order valence-electron chi connectivity index (χ1n) is 3.33. The van der Waals surface area contributed by atoms with Crippen LogP contribution in [0, 0.1) is 5.95 Å². The van der Waals surface area contributed by atoms with Crippen molar-refractivity contribution in [2.45, 2.75) is 0 Å². The van der Waals surface area contributed by atoms with E-state index >= 15 is 0 Å². The van der Waals surface area contributed by atoms with E-state index < -0.39 is 12.1 Å². The van der Waals surface area contributed by atoms with E-state index in [1.54, 1.807) is 0 Å². The summed E-state index contributed by atoms with van der Waals surface area (Å²) in [7, 11) is 0. The van der Waals surface area contributed by atoms with Gasteiger partial charge < -0.3 is 0 Å². The minimum atomic E-state index is -0.920. The van der Waals surface area contributed by atoms with Crippen LogP contribution in [0.1, 0.15) is 4.11 Å². The Morgan fingerprint density at radius 1 is 1.88 bits per heavy atom. The van der Waals surface area contributed by atoms with Crippen LogP contribution >= 0.6 is 15.9 Å². The summed E-state index contributed by atoms with van der Waals surface area (Å²) in [5.41, 5.74) is 0. The molecule has 0 aliphatic rings. The third kappa shape index (κ3) is 1.04. The predicted octanol–water partition coefficient (Wildman–Crippen LogP) is 1.98. The van der Waals surface area contributed by atoms with Crippen LogP contribution in [0.2, 0.25) is 0 Å². The maximum Gasteiger partial charge on any atom is 0.227 e. The van der Waals surface area contributed by atoms with Crippen LogP contribution in [0.25, 0.3) is 0 Å². The minimum Gasteiger partial charge on any atom is -0.227 e. The Bertz CT molecular complexity index is 278. The van der Waals surface area contributed by atoms with Gasteiger partial charge in [0.2, 0.25) is 5.95 Å². The molecule has 0 saturated heterocycles. The first-order chi connectivity index (χ1) is 5.04. The van der Waals surface area contributed by atoms with E-state index in [9.17, 15) is 4.39 Å². The lowest BCUT2D eigenvalue weighted by molar-refractivity contribution is 0.577. The standard InChI is InChI=1S/C5H3BrFN/c6-4-2-1-3-8-5(4)7/h1-3H/i1D,2D,3D. The van der Waals surface area contributed by atoms with E-state index in [1.807, 2.05) is 0 Å². The Morgan fingerprint density at radius 2 is 2.62 bits per heavy atom. The molecule has 0 spiro atoms. The highest BCUT2D eigenvalue weighted by Crippen LogP contribution is 2.09. The van der Waals surface area contributed by atoms with E-state index in [2.05, 4.69) is 20.9 Å². The van der Waals surface area contributed by atoms with Gasteiger partial charge >= 0.3 is 0 Å². The number of hydrogen-bond donors (Lipinski definition) is 0. The van der Waals surface area contributed by atoms with E-state index in [4.69, 9.17) is 4.11 Å². The Balaban J connectivity index is 3.46. The van der Waals surface area contributed by atoms with Crippen molar-refractivity contribution < 1.29 is 8.50 Å². The maximum absolute atomic E-state index is 12.5. The quantitative estimate of drug-likeness (QED) is 0.555. The summed E-state index contributed by atoms with van der Waals surface area (Å²) in [5.74, 6) is -0.920. The third-order valence-electron chi connectivity index (χ3n) is 0.563. The third-order valence-corrected chi connectivity index (χ3v) is 1.09. The number of pyridine rings is 1. The summed E-state index contributed by atoms with van der Waals surface area (Å²) >= 11 is 2.74. The molecule has 1 heterocycles. The number of halogens is 2. The lowest BCUT2D eigenvalue weighted by Gasteiger charge is -1.86. The zero-order valence-electron chi connectivity index (χ0n) is 6.70. The van der Waals surface area contributed by atoms with Gasteiger partial charge in [0.15, 0.2) is 0 Å². The van der Waals surface area contributed by atoms with Crippen LogP contribution < -0.4 is 0 Å². The van der Waals surface area contributed by atoms with Gasteiger partial charge in [-0.1, -0.05) is 0 Å². The van der Waals surface area contributed by atoms with E-state index in [0.29, 0.717) is 0 Å². The molecule has 0 unspecified atom stereocenters. The van der Waals surface area contributed by atoms with Crippen molar-refractivity contribution in [2.75, 3.05) is 0 Å². The molecule has 3 heteroatoms. The molecule has 0 saturated carbocycles. The number of aromatic nitrogens is 1. The summed E-state index contributed by atoms with van der Waals surface area (Å²) in [5, 5.41) is 0. The van der Waals surface area contributed by atoms with Crippen molar-refractivity contribution in [3.63, 3.8) is 0 Å². The molecular weight excluding hydrogens is 173 g/mol. The zero-order valence-corrected chi connectivity index (χ0v) is 5.29. The average Bonchev–Trinajstić information content (AvgIpc) is 1.97. The molecule has 8 heavy (non-hydrogen) atoms. The fraction of sp³-hybridized carbons (Fsp3) is 0. The monoisotopic (exact) mass is 178 g/mol. The zero-order chi connectivity index (χ0) is 8.59. The van der Waals surface area contributed by atoms with Gasteiger partial charge in [-0.15, -0.1) is 0 Å². The Labute approximate surface area is 58.9 Å². The molecule has 1 aromatic heterocycles. The van der Waals surface area contributed by atoms with Crippen molar-refractivity contribution >= 4 is 15.9 Å². The van der Waals surface area contributed by atoms with Gasteiger partial charge in [-0.2, -0.15) is 4.39 Å². The highest BCUT2D eigenvalue weighted by molar-refractivity contribution is 9.10. The van der Waals surface area contributed by atoms with Crippen molar-refractivity contribution in [2.24, 2.45) is 0 Å². The van der Waals surface area contributed by atoms with Crippen molar-refractivity contribution in [3.05, 3.63) is 28.7 Å². The molecule has 1 aromatic rings.